The van der Waals surface area contributed by atoms with Crippen LogP contribution in [-0.4, -0.2) is 20.7 Å². The summed E-state index contributed by atoms with van der Waals surface area (Å²) in [7, 11) is 0. The molecule has 0 atom stereocenters. The van der Waals surface area contributed by atoms with E-state index >= 15 is 0 Å². The van der Waals surface area contributed by atoms with Gasteiger partial charge in [-0.05, 0) is 54.5 Å². The van der Waals surface area contributed by atoms with Gasteiger partial charge in [-0.2, -0.15) is 0 Å². The van der Waals surface area contributed by atoms with Crippen molar-refractivity contribution in [2.75, 3.05) is 0 Å². The number of benzene rings is 3. The van der Waals surface area contributed by atoms with Crippen molar-refractivity contribution in [1.82, 2.24) is 9.97 Å². The second kappa shape index (κ2) is 10.1. The van der Waals surface area contributed by atoms with E-state index in [1.165, 1.54) is 36.7 Å². The van der Waals surface area contributed by atoms with Gasteiger partial charge >= 0.3 is 0 Å². The van der Waals surface area contributed by atoms with Crippen molar-refractivity contribution in [1.29, 1.82) is 0 Å². The number of para-hydroxylation sites is 2. The Morgan fingerprint density at radius 2 is 1.82 bits per heavy atom. The van der Waals surface area contributed by atoms with Crippen molar-refractivity contribution in [2.45, 2.75) is 6.92 Å². The topological polar surface area (TPSA) is 95.2 Å². The number of halogens is 1. The summed E-state index contributed by atoms with van der Waals surface area (Å²) >= 11 is 5.82. The second-order valence-corrected chi connectivity index (χ2v) is 7.73. The number of rotatable bonds is 7. The number of hydrogen-bond donors (Lipinski definition) is 0. The van der Waals surface area contributed by atoms with Gasteiger partial charge in [0, 0.05) is 11.6 Å². The SMILES string of the molecule is Cc1cccc2c(Oc3ccccc3C=CC(=O)C=Cc3ccc(Cl)c([N+](=O)[O-])c3)ncnc12. The van der Waals surface area contributed by atoms with Crippen LogP contribution >= 0.6 is 11.6 Å². The molecule has 0 unspecified atom stereocenters. The number of nitro benzene ring substituents is 1. The first-order chi connectivity index (χ1) is 16.4. The van der Waals surface area contributed by atoms with Gasteiger partial charge in [-0.1, -0.05) is 54.1 Å². The van der Waals surface area contributed by atoms with Crippen LogP contribution in [0.2, 0.25) is 5.02 Å². The minimum Gasteiger partial charge on any atom is -0.438 e. The maximum absolute atomic E-state index is 12.4. The summed E-state index contributed by atoms with van der Waals surface area (Å²) in [4.78, 5) is 31.4. The molecule has 0 fully saturated rings. The fraction of sp³-hybridized carbons (Fsp3) is 0.0385. The fourth-order valence-corrected chi connectivity index (χ4v) is 3.47. The third-order valence-electron chi connectivity index (χ3n) is 4.99. The van der Waals surface area contributed by atoms with Gasteiger partial charge < -0.3 is 4.74 Å². The number of carbonyl (C=O) groups excluding carboxylic acids is 1. The van der Waals surface area contributed by atoms with Gasteiger partial charge in [0.1, 0.15) is 17.1 Å². The molecule has 0 saturated carbocycles. The lowest BCUT2D eigenvalue weighted by molar-refractivity contribution is -0.384. The van der Waals surface area contributed by atoms with Crippen LogP contribution in [0, 0.1) is 17.0 Å². The summed E-state index contributed by atoms with van der Waals surface area (Å²) in [5.41, 5.74) is 2.79. The van der Waals surface area contributed by atoms with Gasteiger partial charge in [-0.15, -0.1) is 0 Å². The first-order valence-corrected chi connectivity index (χ1v) is 10.6. The molecular weight excluding hydrogens is 454 g/mol. The van der Waals surface area contributed by atoms with Crippen LogP contribution in [0.3, 0.4) is 0 Å². The van der Waals surface area contributed by atoms with E-state index in [-0.39, 0.29) is 16.5 Å². The molecule has 0 radical (unpaired) electrons. The predicted molar refractivity (Wildman–Crippen MR) is 132 cm³/mol. The molecule has 8 heteroatoms. The molecule has 0 N–H and O–H groups in total. The minimum absolute atomic E-state index is 0.0385. The Hall–Kier alpha value is -4.36. The molecule has 0 bridgehead atoms. The zero-order valence-electron chi connectivity index (χ0n) is 18.0. The van der Waals surface area contributed by atoms with E-state index in [2.05, 4.69) is 9.97 Å². The molecule has 4 aromatic rings. The number of ketones is 1. The highest BCUT2D eigenvalue weighted by molar-refractivity contribution is 6.32. The summed E-state index contributed by atoms with van der Waals surface area (Å²) in [5, 5.41) is 11.9. The molecular formula is C26H18ClN3O4. The van der Waals surface area contributed by atoms with Crippen molar-refractivity contribution >= 4 is 46.1 Å². The van der Waals surface area contributed by atoms with Crippen molar-refractivity contribution in [2.24, 2.45) is 0 Å². The van der Waals surface area contributed by atoms with E-state index in [1.54, 1.807) is 18.2 Å². The van der Waals surface area contributed by atoms with E-state index < -0.39 is 4.92 Å². The molecule has 1 heterocycles. The number of carbonyl (C=O) groups is 1. The molecule has 0 aliphatic heterocycles. The standard InChI is InChI=1S/C26H18ClN3O4/c1-17-5-4-7-21-25(17)28-16-29-26(21)34-24-8-3-2-6-19(24)11-13-20(31)12-9-18-10-14-22(27)23(15-18)30(32)33/h2-16H,1H3. The number of aryl methyl sites for hydroxylation is 1. The normalized spacial score (nSPS) is 11.4. The van der Waals surface area contributed by atoms with Gasteiger partial charge in [-0.25, -0.2) is 9.97 Å². The lowest BCUT2D eigenvalue weighted by Crippen LogP contribution is -1.94. The minimum atomic E-state index is -0.569. The number of nitro groups is 1. The molecule has 3 aromatic carbocycles. The number of hydrogen-bond acceptors (Lipinski definition) is 6. The van der Waals surface area contributed by atoms with Crippen LogP contribution in [0.5, 0.6) is 11.6 Å². The summed E-state index contributed by atoms with van der Waals surface area (Å²) in [6.45, 7) is 1.97. The van der Waals surface area contributed by atoms with E-state index in [0.717, 1.165) is 16.5 Å². The Morgan fingerprint density at radius 3 is 2.65 bits per heavy atom. The summed E-state index contributed by atoms with van der Waals surface area (Å²) in [6, 6.07) is 17.4. The molecule has 0 aliphatic rings. The van der Waals surface area contributed by atoms with E-state index in [0.29, 0.717) is 22.8 Å². The van der Waals surface area contributed by atoms with Gasteiger partial charge in [0.2, 0.25) is 5.88 Å². The van der Waals surface area contributed by atoms with Crippen LogP contribution in [-0.2, 0) is 4.79 Å². The third-order valence-corrected chi connectivity index (χ3v) is 5.31. The number of allylic oxidation sites excluding steroid dienone is 2. The first-order valence-electron chi connectivity index (χ1n) is 10.2. The van der Waals surface area contributed by atoms with Crippen LogP contribution in [0.15, 0.2) is 79.1 Å². The van der Waals surface area contributed by atoms with Gasteiger partial charge in [0.15, 0.2) is 5.78 Å². The molecule has 0 spiro atoms. The molecule has 0 amide bonds. The average Bonchev–Trinajstić information content (AvgIpc) is 2.83. The molecule has 0 saturated heterocycles. The van der Waals surface area contributed by atoms with E-state index in [4.69, 9.17) is 16.3 Å². The third kappa shape index (κ3) is 5.16. The zero-order valence-corrected chi connectivity index (χ0v) is 18.8. The smallest absolute Gasteiger partial charge is 0.288 e. The van der Waals surface area contributed by atoms with Gasteiger partial charge in [0.25, 0.3) is 5.69 Å². The van der Waals surface area contributed by atoms with Crippen molar-refractivity contribution in [3.63, 3.8) is 0 Å². The van der Waals surface area contributed by atoms with Crippen molar-refractivity contribution < 1.29 is 14.5 Å². The Balaban J connectivity index is 1.54. The van der Waals surface area contributed by atoms with Crippen LogP contribution in [0.25, 0.3) is 23.1 Å². The Morgan fingerprint density at radius 1 is 1.03 bits per heavy atom. The second-order valence-electron chi connectivity index (χ2n) is 7.33. The van der Waals surface area contributed by atoms with Gasteiger partial charge in [-0.3, -0.25) is 14.9 Å². The summed E-state index contributed by atoms with van der Waals surface area (Å²) in [5.74, 6) is 0.658. The molecule has 7 nitrogen and oxygen atoms in total. The van der Waals surface area contributed by atoms with Crippen molar-refractivity contribution in [3.05, 3.63) is 111 Å². The van der Waals surface area contributed by atoms with Crippen LogP contribution in [0.1, 0.15) is 16.7 Å². The number of fused-ring (bicyclic) bond motifs is 1. The highest BCUT2D eigenvalue weighted by atomic mass is 35.5. The van der Waals surface area contributed by atoms with E-state index in [1.807, 2.05) is 43.3 Å². The number of aromatic nitrogens is 2. The Labute approximate surface area is 200 Å². The average molecular weight is 472 g/mol. The highest BCUT2D eigenvalue weighted by Crippen LogP contribution is 2.30. The number of ether oxygens (including phenoxy) is 1. The molecule has 168 valence electrons. The highest BCUT2D eigenvalue weighted by Gasteiger charge is 2.12. The van der Waals surface area contributed by atoms with Crippen LogP contribution < -0.4 is 4.74 Å². The molecule has 4 rings (SSSR count). The summed E-state index contributed by atoms with van der Waals surface area (Å²) < 4.78 is 6.08. The maximum atomic E-state index is 12.4. The zero-order chi connectivity index (χ0) is 24.1. The predicted octanol–water partition coefficient (Wildman–Crippen LogP) is 6.59. The maximum Gasteiger partial charge on any atom is 0.288 e. The number of nitrogens with zero attached hydrogens (tertiary/aromatic N) is 3. The lowest BCUT2D eigenvalue weighted by atomic mass is 10.1. The lowest BCUT2D eigenvalue weighted by Gasteiger charge is -2.10. The molecule has 34 heavy (non-hydrogen) atoms. The molecule has 0 aliphatic carbocycles. The first kappa shape index (κ1) is 22.8. The van der Waals surface area contributed by atoms with Crippen LogP contribution in [0.4, 0.5) is 5.69 Å². The van der Waals surface area contributed by atoms with Gasteiger partial charge in [0.05, 0.1) is 15.8 Å². The molecule has 1 aromatic heterocycles. The summed E-state index contributed by atoms with van der Waals surface area (Å²) in [6.07, 6.45) is 7.31. The largest absolute Gasteiger partial charge is 0.438 e. The Bertz CT molecular complexity index is 1460. The monoisotopic (exact) mass is 471 g/mol. The Kier molecular flexibility index (Phi) is 6.75. The quantitative estimate of drug-likeness (QED) is 0.171. The fourth-order valence-electron chi connectivity index (χ4n) is 3.29. The van der Waals surface area contributed by atoms with Crippen molar-refractivity contribution in [3.8, 4) is 11.6 Å². The van der Waals surface area contributed by atoms with E-state index in [9.17, 15) is 14.9 Å².